The molecule has 1 aromatic heterocycles. The Balaban J connectivity index is 1.70. The second-order valence-electron chi connectivity index (χ2n) is 8.39. The van der Waals surface area contributed by atoms with Gasteiger partial charge in [-0.05, 0) is 69.4 Å². The predicted molar refractivity (Wildman–Crippen MR) is 115 cm³/mol. The van der Waals surface area contributed by atoms with E-state index in [-0.39, 0.29) is 17.6 Å². The summed E-state index contributed by atoms with van der Waals surface area (Å²) in [6, 6.07) is 9.73. The molecule has 0 saturated heterocycles. The van der Waals surface area contributed by atoms with E-state index in [0.717, 1.165) is 24.9 Å². The van der Waals surface area contributed by atoms with Crippen LogP contribution in [0.5, 0.6) is 5.88 Å². The van der Waals surface area contributed by atoms with Crippen LogP contribution in [0, 0.1) is 0 Å². The monoisotopic (exact) mass is 398 g/mol. The molecule has 2 aromatic rings. The number of ether oxygens (including phenoxy) is 2. The fourth-order valence-corrected chi connectivity index (χ4v) is 3.49. The summed E-state index contributed by atoms with van der Waals surface area (Å²) < 4.78 is 10.7. The number of carbonyl (C=O) groups is 1. The molecule has 7 heteroatoms. The minimum absolute atomic E-state index is 0.207. The topological polar surface area (TPSA) is 98.5 Å². The highest BCUT2D eigenvalue weighted by Crippen LogP contribution is 2.34. The number of carbonyl (C=O) groups excluding carboxylic acids is 1. The van der Waals surface area contributed by atoms with Crippen LogP contribution in [0.15, 0.2) is 30.3 Å². The Morgan fingerprint density at radius 3 is 2.79 bits per heavy atom. The van der Waals surface area contributed by atoms with Gasteiger partial charge in [-0.25, -0.2) is 4.79 Å². The maximum absolute atomic E-state index is 12.0. The van der Waals surface area contributed by atoms with Gasteiger partial charge in [0, 0.05) is 23.2 Å². The number of benzene rings is 1. The van der Waals surface area contributed by atoms with Crippen molar-refractivity contribution in [2.75, 3.05) is 24.8 Å². The van der Waals surface area contributed by atoms with Gasteiger partial charge in [0.15, 0.2) is 5.82 Å². The number of hydrogen-bond acceptors (Lipinski definition) is 6. The standard InChI is InChI=1S/C22H30N4O3/c1-22(2,3)26-21(27)29-13-15-7-5-6-14-12-16(8-9-17(14)15)24-20-18(23)10-11-19(25-20)28-4/h8-12,15H,5-7,13,23H2,1-4H3,(H,24,25)(H,26,27). The molecule has 7 nitrogen and oxygen atoms in total. The highest BCUT2D eigenvalue weighted by atomic mass is 16.5. The quantitative estimate of drug-likeness (QED) is 0.692. The summed E-state index contributed by atoms with van der Waals surface area (Å²) in [5.41, 5.74) is 9.69. The third-order valence-electron chi connectivity index (χ3n) is 4.85. The van der Waals surface area contributed by atoms with Crippen molar-refractivity contribution >= 4 is 23.3 Å². The number of amides is 1. The molecule has 3 rings (SSSR count). The number of nitrogen functional groups attached to an aromatic ring is 1. The summed E-state index contributed by atoms with van der Waals surface area (Å²) in [6.45, 7) is 6.18. The van der Waals surface area contributed by atoms with Crippen LogP contribution in [0.4, 0.5) is 22.0 Å². The predicted octanol–water partition coefficient (Wildman–Crippen LogP) is 4.36. The van der Waals surface area contributed by atoms with E-state index in [0.29, 0.717) is 24.0 Å². The summed E-state index contributed by atoms with van der Waals surface area (Å²) in [4.78, 5) is 16.4. The Bertz CT molecular complexity index is 877. The molecule has 0 bridgehead atoms. The zero-order valence-electron chi connectivity index (χ0n) is 17.5. The fourth-order valence-electron chi connectivity index (χ4n) is 3.49. The Morgan fingerprint density at radius 2 is 2.07 bits per heavy atom. The van der Waals surface area contributed by atoms with E-state index in [4.69, 9.17) is 15.2 Å². The van der Waals surface area contributed by atoms with Gasteiger partial charge in [0.2, 0.25) is 5.88 Å². The molecular weight excluding hydrogens is 368 g/mol. The summed E-state index contributed by atoms with van der Waals surface area (Å²) in [5, 5.41) is 6.11. The summed E-state index contributed by atoms with van der Waals surface area (Å²) in [5.74, 6) is 1.28. The Labute approximate surface area is 172 Å². The van der Waals surface area contributed by atoms with Gasteiger partial charge in [-0.1, -0.05) is 6.07 Å². The van der Waals surface area contributed by atoms with Crippen LogP contribution in [-0.4, -0.2) is 30.3 Å². The molecule has 1 aliphatic rings. The number of aromatic nitrogens is 1. The van der Waals surface area contributed by atoms with Gasteiger partial charge in [-0.3, -0.25) is 0 Å². The summed E-state index contributed by atoms with van der Waals surface area (Å²) in [7, 11) is 1.57. The number of anilines is 3. The first-order valence-electron chi connectivity index (χ1n) is 9.90. The number of methoxy groups -OCH3 is 1. The number of nitrogens with two attached hydrogens (primary N) is 1. The highest BCUT2D eigenvalue weighted by molar-refractivity contribution is 5.70. The van der Waals surface area contributed by atoms with E-state index in [1.807, 2.05) is 26.8 Å². The van der Waals surface area contributed by atoms with Crippen LogP contribution in [0.1, 0.15) is 50.7 Å². The number of pyridine rings is 1. The lowest BCUT2D eigenvalue weighted by molar-refractivity contribution is 0.128. The number of nitrogens with one attached hydrogen (secondary N) is 2. The number of alkyl carbamates (subject to hydrolysis) is 1. The molecule has 156 valence electrons. The van der Waals surface area contributed by atoms with E-state index in [1.165, 1.54) is 11.1 Å². The fraction of sp³-hybridized carbons (Fsp3) is 0.455. The molecule has 29 heavy (non-hydrogen) atoms. The van der Waals surface area contributed by atoms with Crippen LogP contribution in [-0.2, 0) is 11.2 Å². The van der Waals surface area contributed by atoms with Gasteiger partial charge >= 0.3 is 6.09 Å². The van der Waals surface area contributed by atoms with Gasteiger partial charge < -0.3 is 25.8 Å². The molecule has 0 saturated carbocycles. The number of rotatable bonds is 5. The van der Waals surface area contributed by atoms with Crippen molar-refractivity contribution in [2.24, 2.45) is 0 Å². The minimum Gasteiger partial charge on any atom is -0.481 e. The number of aryl methyl sites for hydroxylation is 1. The molecule has 1 aliphatic carbocycles. The molecule has 0 radical (unpaired) electrons. The van der Waals surface area contributed by atoms with Crippen LogP contribution in [0.25, 0.3) is 0 Å². The van der Waals surface area contributed by atoms with Crippen LogP contribution < -0.4 is 21.1 Å². The largest absolute Gasteiger partial charge is 0.481 e. The zero-order chi connectivity index (χ0) is 21.0. The molecule has 0 aliphatic heterocycles. The normalized spacial score (nSPS) is 15.9. The lowest BCUT2D eigenvalue weighted by Crippen LogP contribution is -2.41. The van der Waals surface area contributed by atoms with E-state index < -0.39 is 0 Å². The third-order valence-corrected chi connectivity index (χ3v) is 4.85. The Hall–Kier alpha value is -2.96. The molecular formula is C22H30N4O3. The molecule has 0 fully saturated rings. The first-order valence-corrected chi connectivity index (χ1v) is 9.90. The summed E-state index contributed by atoms with van der Waals surface area (Å²) >= 11 is 0. The van der Waals surface area contributed by atoms with Gasteiger partial charge in [-0.2, -0.15) is 4.98 Å². The van der Waals surface area contributed by atoms with E-state index >= 15 is 0 Å². The first-order chi connectivity index (χ1) is 13.7. The third kappa shape index (κ3) is 5.53. The van der Waals surface area contributed by atoms with Gasteiger partial charge in [0.1, 0.15) is 6.61 Å². The van der Waals surface area contributed by atoms with Crippen molar-refractivity contribution in [1.82, 2.24) is 10.3 Å². The molecule has 1 heterocycles. The molecule has 1 amide bonds. The van der Waals surface area contributed by atoms with Crippen molar-refractivity contribution in [3.8, 4) is 5.88 Å². The van der Waals surface area contributed by atoms with Gasteiger partial charge in [0.05, 0.1) is 12.8 Å². The zero-order valence-corrected chi connectivity index (χ0v) is 17.5. The van der Waals surface area contributed by atoms with Crippen molar-refractivity contribution in [2.45, 2.75) is 51.5 Å². The maximum atomic E-state index is 12.0. The first kappa shape index (κ1) is 20.8. The van der Waals surface area contributed by atoms with Crippen LogP contribution >= 0.6 is 0 Å². The Morgan fingerprint density at radius 1 is 1.28 bits per heavy atom. The second-order valence-corrected chi connectivity index (χ2v) is 8.39. The lowest BCUT2D eigenvalue weighted by atomic mass is 9.83. The minimum atomic E-state index is -0.373. The SMILES string of the molecule is COc1ccc(N)c(Nc2ccc3c(c2)CCCC3COC(=O)NC(C)(C)C)n1. The molecule has 0 spiro atoms. The van der Waals surface area contributed by atoms with Crippen LogP contribution in [0.2, 0.25) is 0 Å². The van der Waals surface area contributed by atoms with E-state index in [9.17, 15) is 4.79 Å². The van der Waals surface area contributed by atoms with Crippen molar-refractivity contribution < 1.29 is 14.3 Å². The van der Waals surface area contributed by atoms with E-state index in [1.54, 1.807) is 19.2 Å². The average molecular weight is 399 g/mol. The molecule has 1 aromatic carbocycles. The lowest BCUT2D eigenvalue weighted by Gasteiger charge is -2.27. The van der Waals surface area contributed by atoms with Crippen LogP contribution in [0.3, 0.4) is 0 Å². The molecule has 1 atom stereocenters. The van der Waals surface area contributed by atoms with Crippen molar-refractivity contribution in [1.29, 1.82) is 0 Å². The van der Waals surface area contributed by atoms with Gasteiger partial charge in [-0.15, -0.1) is 0 Å². The number of nitrogens with zero attached hydrogens (tertiary/aromatic N) is 1. The second kappa shape index (κ2) is 8.59. The number of hydrogen-bond donors (Lipinski definition) is 3. The highest BCUT2D eigenvalue weighted by Gasteiger charge is 2.23. The number of fused-ring (bicyclic) bond motifs is 1. The summed E-state index contributed by atoms with van der Waals surface area (Å²) in [6.07, 6.45) is 2.69. The van der Waals surface area contributed by atoms with Gasteiger partial charge in [0.25, 0.3) is 0 Å². The van der Waals surface area contributed by atoms with Crippen molar-refractivity contribution in [3.05, 3.63) is 41.5 Å². The Kier molecular flexibility index (Phi) is 6.15. The molecule has 4 N–H and O–H groups in total. The van der Waals surface area contributed by atoms with Crippen molar-refractivity contribution in [3.63, 3.8) is 0 Å². The average Bonchev–Trinajstić information content (AvgIpc) is 2.66. The van der Waals surface area contributed by atoms with E-state index in [2.05, 4.69) is 27.8 Å². The maximum Gasteiger partial charge on any atom is 0.407 e. The molecule has 1 unspecified atom stereocenters. The smallest absolute Gasteiger partial charge is 0.407 e.